The Hall–Kier alpha value is -0.940. The van der Waals surface area contributed by atoms with Gasteiger partial charge in [0.15, 0.2) is 0 Å². The van der Waals surface area contributed by atoms with Crippen molar-refractivity contribution in [3.8, 4) is 0 Å². The zero-order valence-corrected chi connectivity index (χ0v) is 9.15. The molecule has 1 rings (SSSR count). The maximum atomic E-state index is 12.4. The number of nitrogens with two attached hydrogens (primary N) is 1. The van der Waals surface area contributed by atoms with E-state index < -0.39 is 18.6 Å². The van der Waals surface area contributed by atoms with E-state index in [0.29, 0.717) is 10.7 Å². The van der Waals surface area contributed by atoms with E-state index in [4.69, 9.17) is 17.3 Å². The zero-order chi connectivity index (χ0) is 12.2. The molecule has 1 aromatic carbocycles. The van der Waals surface area contributed by atoms with Gasteiger partial charge in [0.2, 0.25) is 0 Å². The Labute approximate surface area is 96.6 Å². The lowest BCUT2D eigenvalue weighted by molar-refractivity contribution is -0.167. The molecule has 1 aromatic rings. The molecule has 0 saturated heterocycles. The molecule has 0 spiro atoms. The second-order valence-corrected chi connectivity index (χ2v) is 3.74. The SMILES string of the molecule is NCC(CNc1ccccc1Cl)C(F)(F)F. The van der Waals surface area contributed by atoms with Crippen molar-refractivity contribution in [3.05, 3.63) is 29.3 Å². The minimum atomic E-state index is -4.29. The van der Waals surface area contributed by atoms with Gasteiger partial charge < -0.3 is 11.1 Å². The van der Waals surface area contributed by atoms with E-state index in [-0.39, 0.29) is 6.54 Å². The van der Waals surface area contributed by atoms with Crippen molar-refractivity contribution < 1.29 is 13.2 Å². The van der Waals surface area contributed by atoms with Gasteiger partial charge in [-0.15, -0.1) is 0 Å². The number of halogens is 4. The summed E-state index contributed by atoms with van der Waals surface area (Å²) in [5, 5.41) is 3.03. The maximum Gasteiger partial charge on any atom is 0.394 e. The summed E-state index contributed by atoms with van der Waals surface area (Å²) in [5.74, 6) is -1.57. The van der Waals surface area contributed by atoms with E-state index in [1.54, 1.807) is 24.3 Å². The first kappa shape index (κ1) is 13.1. The number of alkyl halides is 3. The van der Waals surface area contributed by atoms with Gasteiger partial charge in [-0.05, 0) is 12.1 Å². The minimum Gasteiger partial charge on any atom is -0.383 e. The predicted octanol–water partition coefficient (Wildman–Crippen LogP) is 2.89. The van der Waals surface area contributed by atoms with Crippen LogP contribution in [0.5, 0.6) is 0 Å². The molecule has 16 heavy (non-hydrogen) atoms. The van der Waals surface area contributed by atoms with Gasteiger partial charge in [0.05, 0.1) is 16.6 Å². The molecule has 1 unspecified atom stereocenters. The molecule has 0 heterocycles. The third-order valence-electron chi connectivity index (χ3n) is 2.16. The number of rotatable bonds is 4. The van der Waals surface area contributed by atoms with Crippen LogP contribution in [0.4, 0.5) is 18.9 Å². The van der Waals surface area contributed by atoms with Crippen molar-refractivity contribution in [1.29, 1.82) is 0 Å². The molecule has 1 atom stereocenters. The van der Waals surface area contributed by atoms with Crippen molar-refractivity contribution in [1.82, 2.24) is 0 Å². The van der Waals surface area contributed by atoms with E-state index in [1.165, 1.54) is 0 Å². The highest BCUT2D eigenvalue weighted by molar-refractivity contribution is 6.33. The molecular formula is C10H12ClF3N2. The second kappa shape index (κ2) is 5.41. The Morgan fingerprint density at radius 3 is 2.44 bits per heavy atom. The van der Waals surface area contributed by atoms with Crippen LogP contribution in [-0.2, 0) is 0 Å². The monoisotopic (exact) mass is 252 g/mol. The number of hydrogen-bond donors (Lipinski definition) is 2. The van der Waals surface area contributed by atoms with E-state index in [0.717, 1.165) is 0 Å². The molecule has 0 amide bonds. The molecular weight excluding hydrogens is 241 g/mol. The fourth-order valence-corrected chi connectivity index (χ4v) is 1.37. The lowest BCUT2D eigenvalue weighted by Gasteiger charge is -2.19. The van der Waals surface area contributed by atoms with Crippen LogP contribution in [0, 0.1) is 5.92 Å². The predicted molar refractivity (Wildman–Crippen MR) is 58.5 cm³/mol. The first-order chi connectivity index (χ1) is 7.45. The second-order valence-electron chi connectivity index (χ2n) is 3.33. The van der Waals surface area contributed by atoms with Crippen molar-refractivity contribution in [3.63, 3.8) is 0 Å². The number of para-hydroxylation sites is 1. The summed E-state index contributed by atoms with van der Waals surface area (Å²) in [6, 6.07) is 6.62. The van der Waals surface area contributed by atoms with E-state index >= 15 is 0 Å². The van der Waals surface area contributed by atoms with Crippen LogP contribution in [0.15, 0.2) is 24.3 Å². The van der Waals surface area contributed by atoms with Crippen LogP contribution in [0.2, 0.25) is 5.02 Å². The van der Waals surface area contributed by atoms with Gasteiger partial charge >= 0.3 is 6.18 Å². The fourth-order valence-electron chi connectivity index (χ4n) is 1.17. The molecule has 6 heteroatoms. The topological polar surface area (TPSA) is 38.0 Å². The average Bonchev–Trinajstić information content (AvgIpc) is 2.19. The van der Waals surface area contributed by atoms with Crippen LogP contribution in [-0.4, -0.2) is 19.3 Å². The zero-order valence-electron chi connectivity index (χ0n) is 8.39. The molecule has 90 valence electrons. The summed E-state index contributed by atoms with van der Waals surface area (Å²) in [7, 11) is 0. The van der Waals surface area contributed by atoms with Crippen molar-refractivity contribution >= 4 is 17.3 Å². The van der Waals surface area contributed by atoms with Crippen molar-refractivity contribution in [2.75, 3.05) is 18.4 Å². The molecule has 0 radical (unpaired) electrons. The third kappa shape index (κ3) is 3.57. The van der Waals surface area contributed by atoms with Crippen LogP contribution < -0.4 is 11.1 Å². The first-order valence-electron chi connectivity index (χ1n) is 4.70. The summed E-state index contributed by atoms with van der Waals surface area (Å²) in [4.78, 5) is 0. The summed E-state index contributed by atoms with van der Waals surface area (Å²) in [5.41, 5.74) is 5.55. The maximum absolute atomic E-state index is 12.4. The van der Waals surface area contributed by atoms with E-state index in [1.807, 2.05) is 0 Å². The quantitative estimate of drug-likeness (QED) is 0.865. The van der Waals surface area contributed by atoms with Crippen molar-refractivity contribution in [2.45, 2.75) is 6.18 Å². The molecule has 2 nitrogen and oxygen atoms in total. The Balaban J connectivity index is 2.60. The van der Waals surface area contributed by atoms with Gasteiger partial charge in [0.25, 0.3) is 0 Å². The first-order valence-corrected chi connectivity index (χ1v) is 5.08. The number of hydrogen-bond acceptors (Lipinski definition) is 2. The summed E-state index contributed by atoms with van der Waals surface area (Å²) in [6.07, 6.45) is -4.29. The number of nitrogens with one attached hydrogen (secondary N) is 1. The average molecular weight is 253 g/mol. The van der Waals surface area contributed by atoms with Gasteiger partial charge in [-0.25, -0.2) is 0 Å². The highest BCUT2D eigenvalue weighted by atomic mass is 35.5. The van der Waals surface area contributed by atoms with Gasteiger partial charge in [-0.3, -0.25) is 0 Å². The normalized spacial score (nSPS) is 13.6. The Morgan fingerprint density at radius 1 is 1.31 bits per heavy atom. The highest BCUT2D eigenvalue weighted by Gasteiger charge is 2.38. The summed E-state index contributed by atoms with van der Waals surface area (Å²) < 4.78 is 37.1. The Kier molecular flexibility index (Phi) is 4.44. The van der Waals surface area contributed by atoms with Crippen LogP contribution in [0.1, 0.15) is 0 Å². The lowest BCUT2D eigenvalue weighted by Crippen LogP contribution is -2.35. The molecule has 0 bridgehead atoms. The fraction of sp³-hybridized carbons (Fsp3) is 0.400. The standard InChI is InChI=1S/C10H12ClF3N2/c11-8-3-1-2-4-9(8)16-6-7(5-15)10(12,13)14/h1-4,7,16H,5-6,15H2. The van der Waals surface area contributed by atoms with Crippen LogP contribution in [0.25, 0.3) is 0 Å². The molecule has 0 saturated carbocycles. The number of anilines is 1. The molecule has 0 aliphatic carbocycles. The summed E-state index contributed by atoms with van der Waals surface area (Å²) >= 11 is 5.79. The lowest BCUT2D eigenvalue weighted by atomic mass is 10.1. The third-order valence-corrected chi connectivity index (χ3v) is 2.49. The van der Waals surface area contributed by atoms with Crippen LogP contribution >= 0.6 is 11.6 Å². The van der Waals surface area contributed by atoms with E-state index in [2.05, 4.69) is 5.32 Å². The minimum absolute atomic E-state index is 0.274. The van der Waals surface area contributed by atoms with Gasteiger partial charge in [0, 0.05) is 13.1 Å². The Morgan fingerprint density at radius 2 is 1.94 bits per heavy atom. The smallest absolute Gasteiger partial charge is 0.383 e. The largest absolute Gasteiger partial charge is 0.394 e. The van der Waals surface area contributed by atoms with Gasteiger partial charge in [0.1, 0.15) is 0 Å². The highest BCUT2D eigenvalue weighted by Crippen LogP contribution is 2.27. The van der Waals surface area contributed by atoms with Gasteiger partial charge in [-0.2, -0.15) is 13.2 Å². The molecule has 0 aromatic heterocycles. The summed E-state index contributed by atoms with van der Waals surface area (Å²) in [6.45, 7) is -0.718. The number of benzene rings is 1. The molecule has 0 fully saturated rings. The molecule has 0 aliphatic rings. The van der Waals surface area contributed by atoms with Crippen molar-refractivity contribution in [2.24, 2.45) is 11.7 Å². The van der Waals surface area contributed by atoms with E-state index in [9.17, 15) is 13.2 Å². The molecule has 0 aliphatic heterocycles. The van der Waals surface area contributed by atoms with Crippen LogP contribution in [0.3, 0.4) is 0 Å². The Bertz CT molecular complexity index is 341. The molecule has 3 N–H and O–H groups in total. The van der Waals surface area contributed by atoms with Gasteiger partial charge in [-0.1, -0.05) is 23.7 Å².